The van der Waals surface area contributed by atoms with Gasteiger partial charge in [-0.2, -0.15) is 0 Å². The minimum atomic E-state index is -4.87. The van der Waals surface area contributed by atoms with E-state index in [1.54, 1.807) is 0 Å². The molecular weight excluding hydrogens is 814 g/mol. The summed E-state index contributed by atoms with van der Waals surface area (Å²) in [6, 6.07) is 0. The zero-order valence-electron chi connectivity index (χ0n) is 36.7. The molecule has 60 heavy (non-hydrogen) atoms. The maximum atomic E-state index is 12.7. The van der Waals surface area contributed by atoms with Crippen molar-refractivity contribution >= 4 is 27.6 Å². The SMILES string of the molecule is CC(C)CCCCCCCCCCCCCCC(=O)O[C@H](COC(=O)CCC/C=C\C/C=C\C/C=C\C/C=C\CCCCCO)COP(=O)(O)OC[C@@H](O)COP(=O)(O)O. The average Bonchev–Trinajstić information content (AvgIpc) is 3.19. The number of hydrogen-bond donors (Lipinski definition) is 5. The third-order valence-corrected chi connectivity index (χ3v) is 10.6. The van der Waals surface area contributed by atoms with Gasteiger partial charge in [0.15, 0.2) is 6.10 Å². The molecule has 0 aliphatic carbocycles. The van der Waals surface area contributed by atoms with Gasteiger partial charge in [0.1, 0.15) is 12.7 Å². The fourth-order valence-corrected chi connectivity index (χ4v) is 6.95. The van der Waals surface area contributed by atoms with Crippen LogP contribution in [0.1, 0.15) is 168 Å². The lowest BCUT2D eigenvalue weighted by Gasteiger charge is -2.20. The number of ether oxygens (including phenoxy) is 2. The van der Waals surface area contributed by atoms with E-state index in [1.807, 2.05) is 12.2 Å². The van der Waals surface area contributed by atoms with Gasteiger partial charge in [0.25, 0.3) is 0 Å². The summed E-state index contributed by atoms with van der Waals surface area (Å²) in [4.78, 5) is 52.7. The van der Waals surface area contributed by atoms with Gasteiger partial charge in [0.2, 0.25) is 0 Å². The van der Waals surface area contributed by atoms with Crippen molar-refractivity contribution in [2.24, 2.45) is 5.92 Å². The van der Waals surface area contributed by atoms with Crippen LogP contribution < -0.4 is 0 Å². The topological polar surface area (TPSA) is 216 Å². The highest BCUT2D eigenvalue weighted by molar-refractivity contribution is 7.47. The van der Waals surface area contributed by atoms with E-state index < -0.39 is 66.2 Å². The van der Waals surface area contributed by atoms with E-state index in [9.17, 15) is 28.7 Å². The van der Waals surface area contributed by atoms with Gasteiger partial charge in [-0.05, 0) is 63.7 Å². The van der Waals surface area contributed by atoms with Crippen molar-refractivity contribution in [1.82, 2.24) is 0 Å². The molecule has 0 aromatic heterocycles. The molecule has 0 fully saturated rings. The van der Waals surface area contributed by atoms with Crippen LogP contribution in [-0.2, 0) is 41.8 Å². The Balaban J connectivity index is 4.58. The quantitative estimate of drug-likeness (QED) is 0.0167. The van der Waals surface area contributed by atoms with E-state index in [4.69, 9.17) is 28.9 Å². The first-order valence-corrected chi connectivity index (χ1v) is 25.3. The predicted molar refractivity (Wildman–Crippen MR) is 236 cm³/mol. The van der Waals surface area contributed by atoms with Crippen LogP contribution in [0, 0.1) is 5.92 Å². The average molecular weight is 895 g/mol. The number of carbonyl (C=O) groups excluding carboxylic acids is 2. The third kappa shape index (κ3) is 44.1. The summed E-state index contributed by atoms with van der Waals surface area (Å²) in [7, 11) is -9.70. The molecule has 0 heterocycles. The van der Waals surface area contributed by atoms with Crippen molar-refractivity contribution in [1.29, 1.82) is 0 Å². The number of phosphoric ester groups is 2. The highest BCUT2D eigenvalue weighted by Crippen LogP contribution is 2.43. The van der Waals surface area contributed by atoms with E-state index >= 15 is 0 Å². The maximum absolute atomic E-state index is 12.7. The minimum absolute atomic E-state index is 0.109. The molecule has 3 atom stereocenters. The van der Waals surface area contributed by atoms with Crippen LogP contribution in [0.25, 0.3) is 0 Å². The lowest BCUT2D eigenvalue weighted by molar-refractivity contribution is -0.161. The molecule has 0 saturated carbocycles. The lowest BCUT2D eigenvalue weighted by atomic mass is 10.0. The number of allylic oxidation sites excluding steroid dienone is 8. The molecule has 0 saturated heterocycles. The Labute approximate surface area is 361 Å². The molecule has 0 amide bonds. The van der Waals surface area contributed by atoms with Gasteiger partial charge in [-0.15, -0.1) is 0 Å². The first-order chi connectivity index (χ1) is 28.7. The second-order valence-electron chi connectivity index (χ2n) is 15.5. The van der Waals surface area contributed by atoms with Crippen molar-refractivity contribution in [2.45, 2.75) is 180 Å². The Kier molecular flexibility index (Phi) is 38.6. The van der Waals surface area contributed by atoms with Crippen LogP contribution >= 0.6 is 15.6 Å². The van der Waals surface area contributed by atoms with Crippen LogP contribution in [0.5, 0.6) is 0 Å². The molecule has 0 radical (unpaired) electrons. The molecule has 0 aromatic rings. The monoisotopic (exact) mass is 895 g/mol. The van der Waals surface area contributed by atoms with Gasteiger partial charge >= 0.3 is 27.6 Å². The number of rotatable bonds is 42. The normalized spacial score (nSPS) is 14.5. The molecule has 5 N–H and O–H groups in total. The van der Waals surface area contributed by atoms with E-state index in [0.717, 1.165) is 70.1 Å². The molecule has 1 unspecified atom stereocenters. The number of unbranched alkanes of at least 4 members (excludes halogenated alkanes) is 15. The number of hydrogen-bond acceptors (Lipinski definition) is 11. The molecule has 0 rings (SSSR count). The van der Waals surface area contributed by atoms with Gasteiger partial charge in [-0.3, -0.25) is 23.2 Å². The van der Waals surface area contributed by atoms with E-state index in [2.05, 4.69) is 59.4 Å². The second-order valence-corrected chi connectivity index (χ2v) is 18.2. The molecular formula is C44H80O14P2. The zero-order valence-corrected chi connectivity index (χ0v) is 38.5. The highest BCUT2D eigenvalue weighted by atomic mass is 31.2. The highest BCUT2D eigenvalue weighted by Gasteiger charge is 2.28. The molecule has 0 aliphatic rings. The summed E-state index contributed by atoms with van der Waals surface area (Å²) in [6.07, 6.45) is 37.0. The fourth-order valence-electron chi connectivity index (χ4n) is 5.80. The largest absolute Gasteiger partial charge is 0.472 e. The smallest absolute Gasteiger partial charge is 0.462 e. The van der Waals surface area contributed by atoms with E-state index in [1.165, 1.54) is 57.8 Å². The van der Waals surface area contributed by atoms with Crippen molar-refractivity contribution in [3.63, 3.8) is 0 Å². The Morgan fingerprint density at radius 3 is 1.52 bits per heavy atom. The Bertz CT molecular complexity index is 1260. The van der Waals surface area contributed by atoms with Crippen molar-refractivity contribution in [3.8, 4) is 0 Å². The molecule has 0 aromatic carbocycles. The Morgan fingerprint density at radius 2 is 0.983 bits per heavy atom. The third-order valence-electron chi connectivity index (χ3n) is 9.19. The second kappa shape index (κ2) is 39.9. The summed E-state index contributed by atoms with van der Waals surface area (Å²) in [6.45, 7) is 2.02. The predicted octanol–water partition coefficient (Wildman–Crippen LogP) is 10.3. The number of phosphoric acid groups is 2. The van der Waals surface area contributed by atoms with Crippen LogP contribution in [0.15, 0.2) is 48.6 Å². The van der Waals surface area contributed by atoms with Gasteiger partial charge in [-0.25, -0.2) is 9.13 Å². The molecule has 0 bridgehead atoms. The molecule has 350 valence electrons. The van der Waals surface area contributed by atoms with E-state index in [0.29, 0.717) is 19.3 Å². The zero-order chi connectivity index (χ0) is 44.6. The summed E-state index contributed by atoms with van der Waals surface area (Å²) in [5.74, 6) is -0.324. The fraction of sp³-hybridized carbons (Fsp3) is 0.773. The van der Waals surface area contributed by atoms with Gasteiger partial charge < -0.3 is 34.4 Å². The standard InChI is InChI=1S/C44H80O14P2/c1-40(2)32-28-24-20-16-12-9-10-14-18-22-26-30-34-44(48)58-42(39-57-60(52,53)56-37-41(46)36-55-59(49,50)51)38-54-43(47)33-29-25-21-17-13-8-6-4-3-5-7-11-15-19-23-27-31-35-45/h3,5-6,8,11,15,17,21,40-42,45-46H,4,7,9-10,12-14,16,18-20,22-39H2,1-2H3,(H,52,53)(H2,49,50,51)/b5-3-,8-6-,15-11-,21-17-/t41-,42+/m0/s1. The van der Waals surface area contributed by atoms with E-state index in [-0.39, 0.29) is 19.4 Å². The summed E-state index contributed by atoms with van der Waals surface area (Å²) >= 11 is 0. The molecule has 16 heteroatoms. The van der Waals surface area contributed by atoms with Gasteiger partial charge in [0.05, 0.1) is 19.8 Å². The molecule has 0 aliphatic heterocycles. The van der Waals surface area contributed by atoms with Crippen molar-refractivity contribution in [2.75, 3.05) is 33.0 Å². The number of aliphatic hydroxyl groups excluding tert-OH is 2. The van der Waals surface area contributed by atoms with Crippen LogP contribution in [-0.4, -0.2) is 82.1 Å². The van der Waals surface area contributed by atoms with Crippen LogP contribution in [0.4, 0.5) is 0 Å². The first kappa shape index (κ1) is 58.0. The van der Waals surface area contributed by atoms with Gasteiger partial charge in [0, 0.05) is 19.4 Å². The maximum Gasteiger partial charge on any atom is 0.472 e. The van der Waals surface area contributed by atoms with Crippen molar-refractivity contribution in [3.05, 3.63) is 48.6 Å². The Hall–Kier alpha value is -1.96. The number of aliphatic hydroxyl groups is 2. The molecule has 0 spiro atoms. The van der Waals surface area contributed by atoms with Gasteiger partial charge in [-0.1, -0.05) is 146 Å². The minimum Gasteiger partial charge on any atom is -0.462 e. The number of esters is 2. The van der Waals surface area contributed by atoms with Crippen LogP contribution in [0.3, 0.4) is 0 Å². The lowest BCUT2D eigenvalue weighted by Crippen LogP contribution is -2.30. The van der Waals surface area contributed by atoms with Crippen molar-refractivity contribution < 1.29 is 66.7 Å². The van der Waals surface area contributed by atoms with Crippen LogP contribution in [0.2, 0.25) is 0 Å². The summed E-state index contributed by atoms with van der Waals surface area (Å²) < 4.78 is 47.7. The Morgan fingerprint density at radius 1 is 0.533 bits per heavy atom. The summed E-state index contributed by atoms with van der Waals surface area (Å²) in [5.41, 5.74) is 0. The molecule has 14 nitrogen and oxygen atoms in total. The first-order valence-electron chi connectivity index (χ1n) is 22.3. The summed E-state index contributed by atoms with van der Waals surface area (Å²) in [5, 5.41) is 18.5. The number of carbonyl (C=O) groups is 2.